The second-order valence-electron chi connectivity index (χ2n) is 3.72. The number of hydrogen-bond donors (Lipinski definition) is 1. The van der Waals surface area contributed by atoms with Crippen LogP contribution in [0.25, 0.3) is 22.2 Å². The zero-order valence-electron chi connectivity index (χ0n) is 8.73. The minimum absolute atomic E-state index is 0.311. The maximum atomic E-state index is 5.55. The van der Waals surface area contributed by atoms with Crippen LogP contribution in [0.3, 0.4) is 0 Å². The lowest BCUT2D eigenvalue weighted by Crippen LogP contribution is -1.77. The number of fused-ring (bicyclic) bond motifs is 1. The number of rotatable bonds is 1. The Morgan fingerprint density at radius 2 is 2.06 bits per heavy atom. The van der Waals surface area contributed by atoms with Crippen LogP contribution >= 0.6 is 0 Å². The van der Waals surface area contributed by atoms with Crippen LogP contribution in [0.2, 0.25) is 0 Å². The molecule has 2 N–H and O–H groups in total. The Hall–Kier alpha value is -2.23. The number of nitrogens with zero attached hydrogens (tertiary/aromatic N) is 1. The van der Waals surface area contributed by atoms with Gasteiger partial charge in [-0.1, -0.05) is 17.3 Å². The molecule has 0 radical (unpaired) electrons. The van der Waals surface area contributed by atoms with Crippen LogP contribution in [-0.4, -0.2) is 5.16 Å². The highest BCUT2D eigenvalue weighted by molar-refractivity contribution is 5.83. The van der Waals surface area contributed by atoms with Crippen LogP contribution in [0.4, 0.5) is 5.88 Å². The van der Waals surface area contributed by atoms with Crippen molar-refractivity contribution in [3.05, 3.63) is 36.1 Å². The molecule has 2 heterocycles. The zero-order chi connectivity index (χ0) is 11.1. The highest BCUT2D eigenvalue weighted by Gasteiger charge is 2.07. The molecule has 0 amide bonds. The molecule has 80 valence electrons. The highest BCUT2D eigenvalue weighted by Crippen LogP contribution is 2.26. The maximum Gasteiger partial charge on any atom is 0.222 e. The summed E-state index contributed by atoms with van der Waals surface area (Å²) in [7, 11) is 0. The number of aromatic nitrogens is 1. The fourth-order valence-corrected chi connectivity index (χ4v) is 1.75. The Balaban J connectivity index is 2.17. The van der Waals surface area contributed by atoms with E-state index in [4.69, 9.17) is 14.7 Å². The Bertz CT molecular complexity index is 652. The average molecular weight is 214 g/mol. The first-order valence-electron chi connectivity index (χ1n) is 4.95. The Kier molecular flexibility index (Phi) is 1.77. The first-order valence-corrected chi connectivity index (χ1v) is 4.95. The van der Waals surface area contributed by atoms with Crippen molar-refractivity contribution in [3.8, 4) is 11.3 Å². The summed E-state index contributed by atoms with van der Waals surface area (Å²) < 4.78 is 10.4. The van der Waals surface area contributed by atoms with E-state index in [-0.39, 0.29) is 0 Å². The van der Waals surface area contributed by atoms with Crippen molar-refractivity contribution in [2.45, 2.75) is 6.92 Å². The van der Waals surface area contributed by atoms with Crippen molar-refractivity contribution in [1.82, 2.24) is 5.16 Å². The summed E-state index contributed by atoms with van der Waals surface area (Å²) in [5.74, 6) is 1.21. The molecule has 0 saturated carbocycles. The number of aryl methyl sites for hydroxylation is 1. The van der Waals surface area contributed by atoms with Gasteiger partial charge in [0, 0.05) is 17.0 Å². The van der Waals surface area contributed by atoms with Gasteiger partial charge in [0.05, 0.1) is 0 Å². The van der Waals surface area contributed by atoms with Gasteiger partial charge >= 0.3 is 0 Å². The molecule has 16 heavy (non-hydrogen) atoms. The molecule has 1 aromatic carbocycles. The smallest absolute Gasteiger partial charge is 0.222 e. The molecule has 0 fully saturated rings. The number of nitrogens with two attached hydrogens (primary N) is 1. The van der Waals surface area contributed by atoms with Gasteiger partial charge in [-0.05, 0) is 19.1 Å². The predicted octanol–water partition coefficient (Wildman–Crippen LogP) is 2.98. The van der Waals surface area contributed by atoms with Gasteiger partial charge in [0.2, 0.25) is 5.88 Å². The molecule has 3 aromatic rings. The molecule has 3 rings (SSSR count). The summed E-state index contributed by atoms with van der Waals surface area (Å²) in [5, 5.41) is 4.94. The number of anilines is 1. The van der Waals surface area contributed by atoms with E-state index in [2.05, 4.69) is 5.16 Å². The van der Waals surface area contributed by atoms with Crippen molar-refractivity contribution in [1.29, 1.82) is 0 Å². The third-order valence-corrected chi connectivity index (χ3v) is 2.47. The van der Waals surface area contributed by atoms with Gasteiger partial charge in [0.25, 0.3) is 0 Å². The van der Waals surface area contributed by atoms with E-state index in [1.54, 1.807) is 6.07 Å². The Morgan fingerprint density at radius 3 is 2.81 bits per heavy atom. The molecule has 0 atom stereocenters. The number of hydrogen-bond acceptors (Lipinski definition) is 4. The summed E-state index contributed by atoms with van der Waals surface area (Å²) in [5.41, 5.74) is 7.97. The van der Waals surface area contributed by atoms with Crippen LogP contribution in [0.5, 0.6) is 0 Å². The van der Waals surface area contributed by atoms with Gasteiger partial charge < -0.3 is 14.7 Å². The summed E-state index contributed by atoms with van der Waals surface area (Å²) in [6.07, 6.45) is 0. The predicted molar refractivity (Wildman–Crippen MR) is 60.9 cm³/mol. The first kappa shape index (κ1) is 9.03. The van der Waals surface area contributed by atoms with Crippen LogP contribution in [-0.2, 0) is 0 Å². The van der Waals surface area contributed by atoms with Crippen molar-refractivity contribution >= 4 is 16.9 Å². The first-order chi connectivity index (χ1) is 7.72. The second kappa shape index (κ2) is 3.13. The fraction of sp³-hybridized carbons (Fsp3) is 0.0833. The van der Waals surface area contributed by atoms with Crippen LogP contribution in [0.1, 0.15) is 5.76 Å². The molecule has 0 unspecified atom stereocenters. The van der Waals surface area contributed by atoms with Crippen LogP contribution in [0, 0.1) is 6.92 Å². The molecule has 4 nitrogen and oxygen atoms in total. The summed E-state index contributed by atoms with van der Waals surface area (Å²) in [6.45, 7) is 1.92. The molecule has 0 bridgehead atoms. The maximum absolute atomic E-state index is 5.55. The van der Waals surface area contributed by atoms with Crippen LogP contribution < -0.4 is 5.73 Å². The molecule has 0 aliphatic heterocycles. The minimum Gasteiger partial charge on any atom is -0.461 e. The van der Waals surface area contributed by atoms with Crippen molar-refractivity contribution in [2.75, 3.05) is 5.73 Å². The molecule has 4 heteroatoms. The lowest BCUT2D eigenvalue weighted by Gasteiger charge is -1.94. The second-order valence-corrected chi connectivity index (χ2v) is 3.72. The average Bonchev–Trinajstić information content (AvgIpc) is 2.81. The lowest BCUT2D eigenvalue weighted by molar-refractivity contribution is 0.439. The number of benzene rings is 1. The third-order valence-electron chi connectivity index (χ3n) is 2.47. The van der Waals surface area contributed by atoms with E-state index < -0.39 is 0 Å². The standard InChI is InChI=1S/C12H10N2O2/c1-7-4-9-3-2-8(5-11(9)15-7)10-6-12(13)16-14-10/h2-6H,13H2,1H3. The molecule has 0 aliphatic rings. The van der Waals surface area contributed by atoms with E-state index in [0.29, 0.717) is 11.6 Å². The quantitative estimate of drug-likeness (QED) is 0.676. The van der Waals surface area contributed by atoms with Gasteiger partial charge in [0.15, 0.2) is 0 Å². The normalized spacial score (nSPS) is 11.1. The zero-order valence-corrected chi connectivity index (χ0v) is 8.73. The van der Waals surface area contributed by atoms with E-state index >= 15 is 0 Å². The molecule has 2 aromatic heterocycles. The Morgan fingerprint density at radius 1 is 1.19 bits per heavy atom. The minimum atomic E-state index is 0.311. The summed E-state index contributed by atoms with van der Waals surface area (Å²) in [6, 6.07) is 9.58. The third kappa shape index (κ3) is 1.35. The highest BCUT2D eigenvalue weighted by atomic mass is 16.5. The molecule has 0 saturated heterocycles. The van der Waals surface area contributed by atoms with E-state index in [1.807, 2.05) is 31.2 Å². The van der Waals surface area contributed by atoms with Crippen LogP contribution in [0.15, 0.2) is 39.3 Å². The molecular weight excluding hydrogens is 204 g/mol. The molecular formula is C12H10N2O2. The van der Waals surface area contributed by atoms with E-state index in [1.165, 1.54) is 0 Å². The number of furan rings is 1. The van der Waals surface area contributed by atoms with Crippen molar-refractivity contribution in [3.63, 3.8) is 0 Å². The van der Waals surface area contributed by atoms with Crippen molar-refractivity contribution in [2.24, 2.45) is 0 Å². The van der Waals surface area contributed by atoms with Gasteiger partial charge in [-0.25, -0.2) is 0 Å². The van der Waals surface area contributed by atoms with Gasteiger partial charge in [-0.3, -0.25) is 0 Å². The number of nitrogen functional groups attached to an aromatic ring is 1. The fourth-order valence-electron chi connectivity index (χ4n) is 1.75. The largest absolute Gasteiger partial charge is 0.461 e. The monoisotopic (exact) mass is 214 g/mol. The van der Waals surface area contributed by atoms with Gasteiger partial charge in [0.1, 0.15) is 17.0 Å². The lowest BCUT2D eigenvalue weighted by atomic mass is 10.1. The summed E-state index contributed by atoms with van der Waals surface area (Å²) >= 11 is 0. The van der Waals surface area contributed by atoms with Crippen molar-refractivity contribution < 1.29 is 8.94 Å². The summed E-state index contributed by atoms with van der Waals surface area (Å²) in [4.78, 5) is 0. The molecule has 0 spiro atoms. The molecule has 0 aliphatic carbocycles. The van der Waals surface area contributed by atoms with E-state index in [9.17, 15) is 0 Å². The Labute approximate surface area is 91.6 Å². The van der Waals surface area contributed by atoms with Gasteiger partial charge in [-0.15, -0.1) is 0 Å². The topological polar surface area (TPSA) is 65.2 Å². The SMILES string of the molecule is Cc1cc2ccc(-c3cc(N)on3)cc2o1. The van der Waals surface area contributed by atoms with Gasteiger partial charge in [-0.2, -0.15) is 0 Å². The van der Waals surface area contributed by atoms with E-state index in [0.717, 1.165) is 22.3 Å².